The van der Waals surface area contributed by atoms with Crippen molar-refractivity contribution in [3.8, 4) is 0 Å². The van der Waals surface area contributed by atoms with Crippen LogP contribution in [0.25, 0.3) is 0 Å². The van der Waals surface area contributed by atoms with Crippen LogP contribution in [-0.2, 0) is 0 Å². The second-order valence-corrected chi connectivity index (χ2v) is 4.39. The Morgan fingerprint density at radius 1 is 1.59 bits per heavy atom. The van der Waals surface area contributed by atoms with Crippen molar-refractivity contribution in [2.45, 2.75) is 19.4 Å². The van der Waals surface area contributed by atoms with E-state index in [9.17, 15) is 9.50 Å². The Hall–Kier alpha value is -1.43. The van der Waals surface area contributed by atoms with Crippen molar-refractivity contribution in [1.29, 1.82) is 0 Å². The van der Waals surface area contributed by atoms with Gasteiger partial charge in [0, 0.05) is 20.1 Å². The molecule has 2 unspecified atom stereocenters. The van der Waals surface area contributed by atoms with Crippen molar-refractivity contribution < 1.29 is 9.50 Å². The van der Waals surface area contributed by atoms with Gasteiger partial charge in [-0.25, -0.2) is 9.37 Å². The molecule has 0 aromatic carbocycles. The molecule has 2 N–H and O–H groups in total. The van der Waals surface area contributed by atoms with Gasteiger partial charge in [0.25, 0.3) is 0 Å². The molecule has 0 amide bonds. The number of nitrogens with zero attached hydrogens (tertiary/aromatic N) is 3. The number of nitrogens with one attached hydrogen (secondary N) is 1. The Balaban J connectivity index is 2.21. The second-order valence-electron chi connectivity index (χ2n) is 4.39. The summed E-state index contributed by atoms with van der Waals surface area (Å²) in [5.41, 5.74) is 0. The molecule has 6 heteroatoms. The summed E-state index contributed by atoms with van der Waals surface area (Å²) in [6.45, 7) is 3.18. The van der Waals surface area contributed by atoms with Gasteiger partial charge in [-0.2, -0.15) is 4.98 Å². The number of aliphatic hydroxyl groups excluding tert-OH is 1. The Labute approximate surface area is 99.7 Å². The molecule has 1 aliphatic rings. The summed E-state index contributed by atoms with van der Waals surface area (Å²) in [5.74, 6) is 0.409. The van der Waals surface area contributed by atoms with Gasteiger partial charge in [0.2, 0.25) is 5.95 Å². The molecule has 5 nitrogen and oxygen atoms in total. The number of rotatable bonds is 2. The zero-order valence-corrected chi connectivity index (χ0v) is 10.0. The predicted molar refractivity (Wildman–Crippen MR) is 63.5 cm³/mol. The van der Waals surface area contributed by atoms with Gasteiger partial charge in [0.05, 0.1) is 12.3 Å². The predicted octanol–water partition coefficient (Wildman–Crippen LogP) is 0.864. The van der Waals surface area contributed by atoms with Crippen LogP contribution in [0.4, 0.5) is 16.2 Å². The maximum atomic E-state index is 13.7. The average Bonchev–Trinajstić information content (AvgIpc) is 2.33. The highest BCUT2D eigenvalue weighted by Crippen LogP contribution is 2.24. The van der Waals surface area contributed by atoms with Crippen molar-refractivity contribution in [2.24, 2.45) is 5.92 Å². The van der Waals surface area contributed by atoms with E-state index in [1.54, 1.807) is 7.05 Å². The molecule has 2 heterocycles. The minimum absolute atomic E-state index is 0.121. The maximum absolute atomic E-state index is 13.7. The molecule has 0 spiro atoms. The van der Waals surface area contributed by atoms with E-state index in [1.165, 1.54) is 6.20 Å². The lowest BCUT2D eigenvalue weighted by Gasteiger charge is -2.35. The van der Waals surface area contributed by atoms with Crippen molar-refractivity contribution in [1.82, 2.24) is 9.97 Å². The second kappa shape index (κ2) is 4.83. The monoisotopic (exact) mass is 240 g/mol. The van der Waals surface area contributed by atoms with Crippen LogP contribution < -0.4 is 10.2 Å². The van der Waals surface area contributed by atoms with Crippen molar-refractivity contribution in [3.05, 3.63) is 12.0 Å². The summed E-state index contributed by atoms with van der Waals surface area (Å²) in [6, 6.07) is 0. The molecule has 1 saturated heterocycles. The van der Waals surface area contributed by atoms with Gasteiger partial charge >= 0.3 is 0 Å². The zero-order valence-electron chi connectivity index (χ0n) is 10.0. The molecule has 1 aromatic rings. The molecule has 17 heavy (non-hydrogen) atoms. The fourth-order valence-electron chi connectivity index (χ4n) is 2.03. The van der Waals surface area contributed by atoms with Crippen LogP contribution in [0, 0.1) is 11.7 Å². The fourth-order valence-corrected chi connectivity index (χ4v) is 2.03. The summed E-state index contributed by atoms with van der Waals surface area (Å²) in [5, 5.41) is 12.4. The molecule has 0 saturated carbocycles. The standard InChI is InChI=1S/C11H17FN4O/c1-7-6-16(4-3-9(7)17)10-8(12)5-14-11(13-2)15-10/h5,7,9,17H,3-4,6H2,1-2H3,(H,13,14,15). The molecule has 2 atom stereocenters. The zero-order chi connectivity index (χ0) is 12.4. The molecule has 2 rings (SSSR count). The molecular formula is C11H17FN4O. The first-order valence-corrected chi connectivity index (χ1v) is 5.75. The summed E-state index contributed by atoms with van der Waals surface area (Å²) in [7, 11) is 1.69. The van der Waals surface area contributed by atoms with E-state index in [0.29, 0.717) is 31.3 Å². The van der Waals surface area contributed by atoms with Crippen LogP contribution in [-0.4, -0.2) is 41.3 Å². The van der Waals surface area contributed by atoms with E-state index in [4.69, 9.17) is 0 Å². The third-order valence-electron chi connectivity index (χ3n) is 3.11. The van der Waals surface area contributed by atoms with Gasteiger partial charge in [-0.15, -0.1) is 0 Å². The lowest BCUT2D eigenvalue weighted by atomic mass is 9.97. The number of aliphatic hydroxyl groups is 1. The Morgan fingerprint density at radius 3 is 3.00 bits per heavy atom. The number of hydrogen-bond acceptors (Lipinski definition) is 5. The number of piperidine rings is 1. The first-order chi connectivity index (χ1) is 8.11. The summed E-state index contributed by atoms with van der Waals surface area (Å²) < 4.78 is 13.7. The average molecular weight is 240 g/mol. The quantitative estimate of drug-likeness (QED) is 0.803. The lowest BCUT2D eigenvalue weighted by Crippen LogP contribution is -2.42. The fraction of sp³-hybridized carbons (Fsp3) is 0.636. The summed E-state index contributed by atoms with van der Waals surface area (Å²) in [6.07, 6.45) is 1.50. The lowest BCUT2D eigenvalue weighted by molar-refractivity contribution is 0.0966. The highest BCUT2D eigenvalue weighted by molar-refractivity contribution is 5.44. The third-order valence-corrected chi connectivity index (χ3v) is 3.11. The van der Waals surface area contributed by atoms with Crippen LogP contribution in [0.2, 0.25) is 0 Å². The topological polar surface area (TPSA) is 61.3 Å². The van der Waals surface area contributed by atoms with Crippen LogP contribution in [0.15, 0.2) is 6.20 Å². The van der Waals surface area contributed by atoms with Crippen LogP contribution >= 0.6 is 0 Å². The third kappa shape index (κ3) is 2.46. The minimum Gasteiger partial charge on any atom is -0.393 e. The largest absolute Gasteiger partial charge is 0.393 e. The van der Waals surface area contributed by atoms with Gasteiger partial charge in [0.1, 0.15) is 0 Å². The van der Waals surface area contributed by atoms with Crippen molar-refractivity contribution >= 4 is 11.8 Å². The van der Waals surface area contributed by atoms with Gasteiger partial charge in [-0.05, 0) is 12.3 Å². The van der Waals surface area contributed by atoms with Crippen molar-refractivity contribution in [3.63, 3.8) is 0 Å². The maximum Gasteiger partial charge on any atom is 0.224 e. The van der Waals surface area contributed by atoms with E-state index in [0.717, 1.165) is 0 Å². The van der Waals surface area contributed by atoms with Gasteiger partial charge < -0.3 is 15.3 Å². The Kier molecular flexibility index (Phi) is 3.42. The van der Waals surface area contributed by atoms with E-state index in [-0.39, 0.29) is 12.0 Å². The van der Waals surface area contributed by atoms with Crippen LogP contribution in [0.5, 0.6) is 0 Å². The van der Waals surface area contributed by atoms with Gasteiger partial charge in [0.15, 0.2) is 11.6 Å². The first kappa shape index (κ1) is 12.0. The van der Waals surface area contributed by atoms with Crippen LogP contribution in [0.1, 0.15) is 13.3 Å². The Morgan fingerprint density at radius 2 is 2.35 bits per heavy atom. The molecule has 1 aliphatic heterocycles. The molecule has 0 radical (unpaired) electrons. The highest BCUT2D eigenvalue weighted by atomic mass is 19.1. The highest BCUT2D eigenvalue weighted by Gasteiger charge is 2.26. The number of hydrogen-bond donors (Lipinski definition) is 2. The number of halogens is 1. The normalized spacial score (nSPS) is 24.8. The number of aromatic nitrogens is 2. The van der Waals surface area contributed by atoms with Gasteiger partial charge in [-0.3, -0.25) is 0 Å². The molecule has 94 valence electrons. The summed E-state index contributed by atoms with van der Waals surface area (Å²) >= 11 is 0. The van der Waals surface area contributed by atoms with Crippen LogP contribution in [0.3, 0.4) is 0 Å². The van der Waals surface area contributed by atoms with Gasteiger partial charge in [-0.1, -0.05) is 6.92 Å². The molecule has 0 bridgehead atoms. The first-order valence-electron chi connectivity index (χ1n) is 5.75. The van der Waals surface area contributed by atoms with E-state index in [1.807, 2.05) is 11.8 Å². The van der Waals surface area contributed by atoms with E-state index < -0.39 is 5.82 Å². The summed E-state index contributed by atoms with van der Waals surface area (Å²) in [4.78, 5) is 9.79. The van der Waals surface area contributed by atoms with E-state index in [2.05, 4.69) is 15.3 Å². The molecule has 1 fully saturated rings. The molecule has 0 aliphatic carbocycles. The smallest absolute Gasteiger partial charge is 0.224 e. The minimum atomic E-state index is -0.424. The van der Waals surface area contributed by atoms with Crippen molar-refractivity contribution in [2.75, 3.05) is 30.4 Å². The molecule has 1 aromatic heterocycles. The number of anilines is 2. The van der Waals surface area contributed by atoms with E-state index >= 15 is 0 Å². The Bertz CT molecular complexity index is 401. The molecular weight excluding hydrogens is 223 g/mol. The SMILES string of the molecule is CNc1ncc(F)c(N2CCC(O)C(C)C2)n1.